The fraction of sp³-hybridized carbons (Fsp3) is 0.635. The second-order valence-corrected chi connectivity index (χ2v) is 20.1. The van der Waals surface area contributed by atoms with Gasteiger partial charge in [-0.15, -0.1) is 0 Å². The van der Waals surface area contributed by atoms with Crippen LogP contribution in [0.3, 0.4) is 0 Å². The van der Waals surface area contributed by atoms with Crippen LogP contribution in [0.2, 0.25) is 10.0 Å². The number of methoxy groups -OCH3 is 1. The first-order valence-electron chi connectivity index (χ1n) is 24.2. The molecule has 0 radical (unpaired) electrons. The largest absolute Gasteiger partial charge is 0.505 e. The van der Waals surface area contributed by atoms with E-state index in [0.29, 0.717) is 23.1 Å². The number of phenols is 2. The molecule has 1 aromatic rings. The van der Waals surface area contributed by atoms with Crippen molar-refractivity contribution in [2.75, 3.05) is 13.7 Å². The summed E-state index contributed by atoms with van der Waals surface area (Å²) in [7, 11) is 1.26. The summed E-state index contributed by atoms with van der Waals surface area (Å²) in [5.41, 5.74) is 0.279. The molecule has 2 saturated heterocycles. The van der Waals surface area contributed by atoms with E-state index in [-0.39, 0.29) is 35.4 Å². The van der Waals surface area contributed by atoms with E-state index in [4.69, 9.17) is 61.1 Å². The fourth-order valence-corrected chi connectivity index (χ4v) is 9.08. The average molecular weight is 1060 g/mol. The average Bonchev–Trinajstić information content (AvgIpc) is 3.32. The number of phenolic OH excluding ortho intramolecular Hbond substituents is 2. The van der Waals surface area contributed by atoms with E-state index in [0.717, 1.165) is 0 Å². The van der Waals surface area contributed by atoms with Crippen molar-refractivity contribution in [2.45, 2.75) is 187 Å². The van der Waals surface area contributed by atoms with Gasteiger partial charge in [0.15, 0.2) is 36.3 Å². The van der Waals surface area contributed by atoms with E-state index in [1.807, 2.05) is 32.9 Å². The molecule has 0 aliphatic carbocycles. The minimum atomic E-state index is -1.57. The highest BCUT2D eigenvalue weighted by molar-refractivity contribution is 6.39. The molecule has 72 heavy (non-hydrogen) atoms. The summed E-state index contributed by atoms with van der Waals surface area (Å²) in [6, 6.07) is 0. The van der Waals surface area contributed by atoms with Gasteiger partial charge < -0.3 is 73.6 Å². The van der Waals surface area contributed by atoms with E-state index < -0.39 is 144 Å². The number of aliphatic hydroxyl groups is 5. The van der Waals surface area contributed by atoms with Crippen molar-refractivity contribution in [3.63, 3.8) is 0 Å². The van der Waals surface area contributed by atoms with Crippen molar-refractivity contribution < 1.29 is 88.0 Å². The molecule has 2 fully saturated rings. The molecule has 7 N–H and O–H groups in total. The van der Waals surface area contributed by atoms with Crippen LogP contribution in [0.15, 0.2) is 58.7 Å². The highest BCUT2D eigenvalue weighted by Gasteiger charge is 2.53. The third-order valence-corrected chi connectivity index (χ3v) is 13.8. The van der Waals surface area contributed by atoms with E-state index in [9.17, 15) is 50.1 Å². The summed E-state index contributed by atoms with van der Waals surface area (Å²) in [5, 5.41) is 76.1. The Morgan fingerprint density at radius 3 is 2.17 bits per heavy atom. The van der Waals surface area contributed by atoms with Crippen LogP contribution < -0.4 is 0 Å². The van der Waals surface area contributed by atoms with Gasteiger partial charge in [0.2, 0.25) is 0 Å². The number of ether oxygens (including phenoxy) is 8. The molecule has 0 bridgehead atoms. The number of aromatic hydroxyl groups is 2. The Morgan fingerprint density at radius 2 is 1.57 bits per heavy atom. The molecule has 14 unspecified atom stereocenters. The first kappa shape index (κ1) is 60.7. The number of benzene rings is 1. The number of aliphatic hydroxyl groups excluding tert-OH is 5. The van der Waals surface area contributed by atoms with Crippen LogP contribution in [0.5, 0.6) is 11.5 Å². The van der Waals surface area contributed by atoms with Gasteiger partial charge in [-0.25, -0.2) is 9.59 Å². The van der Waals surface area contributed by atoms with Crippen molar-refractivity contribution in [3.8, 4) is 11.5 Å². The molecular formula is C52H74Cl2O18. The second kappa shape index (κ2) is 26.5. The topological polar surface area (TPSA) is 267 Å². The summed E-state index contributed by atoms with van der Waals surface area (Å²) in [4.78, 5) is 40.3. The van der Waals surface area contributed by atoms with E-state index in [1.165, 1.54) is 33.1 Å². The van der Waals surface area contributed by atoms with Gasteiger partial charge in [-0.3, -0.25) is 4.79 Å². The van der Waals surface area contributed by atoms with Gasteiger partial charge in [0, 0.05) is 19.4 Å². The number of cyclic esters (lactones) is 1. The molecule has 0 amide bonds. The maximum Gasteiger partial charge on any atom is 0.342 e. The monoisotopic (exact) mass is 1060 g/mol. The number of hydrogen-bond donors (Lipinski definition) is 7. The normalized spacial score (nSPS) is 34.8. The van der Waals surface area contributed by atoms with Crippen LogP contribution in [0.1, 0.15) is 111 Å². The highest BCUT2D eigenvalue weighted by Crippen LogP contribution is 2.45. The molecule has 0 aromatic heterocycles. The first-order chi connectivity index (χ1) is 33.7. The van der Waals surface area contributed by atoms with E-state index in [1.54, 1.807) is 53.7 Å². The maximum atomic E-state index is 14.0. The first-order valence-corrected chi connectivity index (χ1v) is 24.9. The van der Waals surface area contributed by atoms with Crippen molar-refractivity contribution >= 4 is 41.1 Å². The third-order valence-electron chi connectivity index (χ3n) is 13.0. The minimum absolute atomic E-state index is 0.0387. The zero-order valence-corrected chi connectivity index (χ0v) is 44.5. The molecule has 18 nitrogen and oxygen atoms in total. The van der Waals surface area contributed by atoms with Crippen LogP contribution in [-0.2, 0) is 53.9 Å². The number of hydrogen-bond acceptors (Lipinski definition) is 18. The lowest BCUT2D eigenvalue weighted by atomic mass is 9.88. The van der Waals surface area contributed by atoms with E-state index >= 15 is 0 Å². The Hall–Kier alpha value is -3.89. The lowest BCUT2D eigenvalue weighted by Gasteiger charge is -2.47. The quantitative estimate of drug-likeness (QED) is 0.0655. The standard InChI is InChI=1S/C52H74Cl2O18/c1-13-30-22-26(6)33(56)18-16-15-17-31(23-66-50-44(65-12)40(59)43(29(9)67-50)69-49(64)35-32(14-2)36(53)39(58)37(54)38(35)57)48(63)68-34(28(8)55)20-19-25(5)21-27(7)42(30)71-51-45(70-47(62)24(3)4)41(60)46(61)52(10,11)72-51/h15-17,19,21-22,24,28-30,33-34,40-46,50-51,55-61H,13-14,18,20,23H2,1-12H3/b16-15+,25-19+,26-22+,27-21+,31-17+. The second-order valence-electron chi connectivity index (χ2n) is 19.4. The number of carbonyl (C=O) groups is 3. The van der Waals surface area contributed by atoms with Gasteiger partial charge in [0.1, 0.15) is 41.1 Å². The molecule has 0 saturated carbocycles. The summed E-state index contributed by atoms with van der Waals surface area (Å²) >= 11 is 12.3. The van der Waals surface area contributed by atoms with Gasteiger partial charge in [-0.2, -0.15) is 0 Å². The van der Waals surface area contributed by atoms with Crippen molar-refractivity contribution in [2.24, 2.45) is 11.8 Å². The molecule has 0 spiro atoms. The van der Waals surface area contributed by atoms with Crippen molar-refractivity contribution in [1.82, 2.24) is 0 Å². The van der Waals surface area contributed by atoms with Gasteiger partial charge in [0.05, 0.1) is 53.1 Å². The third kappa shape index (κ3) is 14.7. The lowest BCUT2D eigenvalue weighted by Crippen LogP contribution is -2.64. The van der Waals surface area contributed by atoms with Gasteiger partial charge in [-0.05, 0) is 90.5 Å². The Bertz CT molecular complexity index is 2220. The van der Waals surface area contributed by atoms with Crippen LogP contribution in [0.4, 0.5) is 0 Å². The van der Waals surface area contributed by atoms with Gasteiger partial charge in [-0.1, -0.05) is 86.9 Å². The smallest absolute Gasteiger partial charge is 0.342 e. The summed E-state index contributed by atoms with van der Waals surface area (Å²) in [6.45, 7) is 18.0. The molecule has 3 heterocycles. The number of esters is 3. The molecule has 1 aromatic carbocycles. The molecule has 404 valence electrons. The molecule has 20 heteroatoms. The minimum Gasteiger partial charge on any atom is -0.505 e. The Kier molecular flexibility index (Phi) is 22.4. The molecular weight excluding hydrogens is 983 g/mol. The SMILES string of the molecule is CCc1c(Cl)c(O)c(Cl)c(O)c1C(=O)OC1C(C)OC(OC/C2=C\C=C\CC(O)/C(C)=C/C(CC)C(OC3OC(C)(C)C(O)C(O)C3OC(=O)C(C)C)/C(C)=C/C(C)=C/CC(C(C)O)OC2=O)C(OC)C1O. The zero-order valence-electron chi connectivity index (χ0n) is 43.0. The lowest BCUT2D eigenvalue weighted by molar-refractivity contribution is -0.333. The van der Waals surface area contributed by atoms with Crippen LogP contribution >= 0.6 is 23.2 Å². The molecule has 14 atom stereocenters. The van der Waals surface area contributed by atoms with Crippen molar-refractivity contribution in [3.05, 3.63) is 79.9 Å². The molecule has 4 rings (SSSR count). The Balaban J connectivity index is 1.64. The van der Waals surface area contributed by atoms with Crippen LogP contribution in [0, 0.1) is 11.8 Å². The zero-order chi connectivity index (χ0) is 54.1. The highest BCUT2D eigenvalue weighted by atomic mass is 35.5. The van der Waals surface area contributed by atoms with Crippen LogP contribution in [-0.4, -0.2) is 153 Å². The predicted molar refractivity (Wildman–Crippen MR) is 265 cm³/mol. The Labute approximate surface area is 431 Å². The number of allylic oxidation sites excluding steroid dienone is 4. The predicted octanol–water partition coefficient (Wildman–Crippen LogP) is 6.23. The molecule has 3 aliphatic rings. The van der Waals surface area contributed by atoms with E-state index in [2.05, 4.69) is 0 Å². The maximum absolute atomic E-state index is 14.0. The Morgan fingerprint density at radius 1 is 0.903 bits per heavy atom. The van der Waals surface area contributed by atoms with Gasteiger partial charge in [0.25, 0.3) is 0 Å². The number of rotatable bonds is 13. The summed E-state index contributed by atoms with van der Waals surface area (Å²) in [5.74, 6) is -4.92. The van der Waals surface area contributed by atoms with Crippen molar-refractivity contribution in [1.29, 1.82) is 0 Å². The fourth-order valence-electron chi connectivity index (χ4n) is 8.52. The summed E-state index contributed by atoms with van der Waals surface area (Å²) in [6.07, 6.45) is -5.45. The number of carbonyl (C=O) groups excluding carboxylic acids is 3. The molecule has 3 aliphatic heterocycles. The van der Waals surface area contributed by atoms with Gasteiger partial charge >= 0.3 is 17.9 Å². The number of halogens is 2. The summed E-state index contributed by atoms with van der Waals surface area (Å²) < 4.78 is 47.8. The van der Waals surface area contributed by atoms with Crippen LogP contribution in [0.25, 0.3) is 0 Å².